The predicted octanol–water partition coefficient (Wildman–Crippen LogP) is -0.222. The summed E-state index contributed by atoms with van der Waals surface area (Å²) in [5, 5.41) is 18.9. The molecule has 0 spiro atoms. The quantitative estimate of drug-likeness (QED) is 0.808. The molecule has 128 valence electrons. The van der Waals surface area contributed by atoms with Gasteiger partial charge in [0, 0.05) is 33.0 Å². The third-order valence-electron chi connectivity index (χ3n) is 4.69. The summed E-state index contributed by atoms with van der Waals surface area (Å²) >= 11 is 0. The predicted molar refractivity (Wildman–Crippen MR) is 85.6 cm³/mol. The average molecular weight is 333 g/mol. The standard InChI is InChI=1S/C16H19N3O5/c1-17-11-4-2-3-5-12(11)19(15(17)23)10-13(20)18-8-6-16(24,7-9-18)14(21)22/h2-5,24H,6-10H2,1H3,(H,21,22). The van der Waals surface area contributed by atoms with Gasteiger partial charge in [-0.15, -0.1) is 0 Å². The molecule has 8 heteroatoms. The van der Waals surface area contributed by atoms with E-state index in [1.54, 1.807) is 19.2 Å². The minimum atomic E-state index is -1.77. The first-order valence-corrected chi connectivity index (χ1v) is 7.71. The molecule has 24 heavy (non-hydrogen) atoms. The molecule has 2 heterocycles. The minimum Gasteiger partial charge on any atom is -0.479 e. The number of carboxylic acids is 1. The number of amides is 1. The number of aryl methyl sites for hydroxylation is 1. The highest BCUT2D eigenvalue weighted by Gasteiger charge is 2.40. The molecule has 8 nitrogen and oxygen atoms in total. The number of carbonyl (C=O) groups is 2. The van der Waals surface area contributed by atoms with Crippen LogP contribution in [0.4, 0.5) is 0 Å². The highest BCUT2D eigenvalue weighted by atomic mass is 16.4. The van der Waals surface area contributed by atoms with Crippen molar-refractivity contribution >= 4 is 22.9 Å². The van der Waals surface area contributed by atoms with Crippen molar-refractivity contribution in [1.82, 2.24) is 14.0 Å². The van der Waals surface area contributed by atoms with Gasteiger partial charge in [0.25, 0.3) is 0 Å². The highest BCUT2D eigenvalue weighted by molar-refractivity contribution is 5.82. The number of rotatable bonds is 3. The molecule has 0 unspecified atom stereocenters. The van der Waals surface area contributed by atoms with Gasteiger partial charge >= 0.3 is 11.7 Å². The van der Waals surface area contributed by atoms with Crippen molar-refractivity contribution in [3.05, 3.63) is 34.7 Å². The molecule has 1 aliphatic rings. The van der Waals surface area contributed by atoms with E-state index in [1.807, 2.05) is 12.1 Å². The maximum atomic E-state index is 12.5. The van der Waals surface area contributed by atoms with E-state index in [0.29, 0.717) is 5.52 Å². The van der Waals surface area contributed by atoms with Gasteiger partial charge in [-0.25, -0.2) is 9.59 Å². The van der Waals surface area contributed by atoms with Crippen LogP contribution in [0.25, 0.3) is 11.0 Å². The van der Waals surface area contributed by atoms with E-state index < -0.39 is 11.6 Å². The Balaban J connectivity index is 1.79. The Kier molecular flexibility index (Phi) is 3.92. The highest BCUT2D eigenvalue weighted by Crippen LogP contribution is 2.22. The monoisotopic (exact) mass is 333 g/mol. The van der Waals surface area contributed by atoms with Crippen LogP contribution in [0.3, 0.4) is 0 Å². The molecule has 1 saturated heterocycles. The van der Waals surface area contributed by atoms with Gasteiger partial charge in [-0.2, -0.15) is 0 Å². The Morgan fingerprint density at radius 1 is 1.17 bits per heavy atom. The normalized spacial score (nSPS) is 17.2. The molecular formula is C16H19N3O5. The van der Waals surface area contributed by atoms with Crippen molar-refractivity contribution in [2.75, 3.05) is 13.1 Å². The lowest BCUT2D eigenvalue weighted by molar-refractivity contribution is -0.165. The molecule has 0 bridgehead atoms. The fraction of sp³-hybridized carbons (Fsp3) is 0.438. The summed E-state index contributed by atoms with van der Waals surface area (Å²) < 4.78 is 2.90. The van der Waals surface area contributed by atoms with Gasteiger partial charge < -0.3 is 15.1 Å². The number of hydrogen-bond donors (Lipinski definition) is 2. The number of aromatic nitrogens is 2. The summed E-state index contributed by atoms with van der Waals surface area (Å²) in [6.45, 7) is 0.202. The largest absolute Gasteiger partial charge is 0.479 e. The number of aliphatic hydroxyl groups is 1. The summed E-state index contributed by atoms with van der Waals surface area (Å²) in [5.41, 5.74) is -0.622. The molecule has 3 rings (SSSR count). The van der Waals surface area contributed by atoms with Crippen LogP contribution in [0.1, 0.15) is 12.8 Å². The number of carbonyl (C=O) groups excluding carboxylic acids is 1. The van der Waals surface area contributed by atoms with E-state index in [0.717, 1.165) is 5.52 Å². The number of aliphatic carboxylic acids is 1. The Morgan fingerprint density at radius 2 is 1.75 bits per heavy atom. The Labute approximate surface area is 137 Å². The van der Waals surface area contributed by atoms with E-state index in [-0.39, 0.29) is 44.1 Å². The smallest absolute Gasteiger partial charge is 0.335 e. The van der Waals surface area contributed by atoms with Crippen LogP contribution in [-0.4, -0.2) is 54.8 Å². The van der Waals surface area contributed by atoms with Crippen LogP contribution in [0, 0.1) is 0 Å². The lowest BCUT2D eigenvalue weighted by Gasteiger charge is -2.35. The number of likely N-dealkylation sites (tertiary alicyclic amines) is 1. The Bertz CT molecular complexity index is 858. The van der Waals surface area contributed by atoms with Crippen molar-refractivity contribution < 1.29 is 19.8 Å². The minimum absolute atomic E-state index is 0.0154. The van der Waals surface area contributed by atoms with E-state index in [2.05, 4.69) is 0 Å². The van der Waals surface area contributed by atoms with Crippen LogP contribution < -0.4 is 5.69 Å². The molecule has 2 aromatic rings. The van der Waals surface area contributed by atoms with E-state index in [9.17, 15) is 19.5 Å². The third-order valence-corrected chi connectivity index (χ3v) is 4.69. The summed E-state index contributed by atoms with van der Waals surface area (Å²) in [7, 11) is 1.65. The number of hydrogen-bond acceptors (Lipinski definition) is 4. The van der Waals surface area contributed by atoms with Crippen molar-refractivity contribution in [2.45, 2.75) is 25.0 Å². The second-order valence-electron chi connectivity index (χ2n) is 6.13. The van der Waals surface area contributed by atoms with Crippen LogP contribution in [0.5, 0.6) is 0 Å². The van der Waals surface area contributed by atoms with Gasteiger partial charge in [0.2, 0.25) is 5.91 Å². The topological polar surface area (TPSA) is 105 Å². The Hall–Kier alpha value is -2.61. The van der Waals surface area contributed by atoms with Gasteiger partial charge in [0.05, 0.1) is 11.0 Å². The summed E-state index contributed by atoms with van der Waals surface area (Å²) in [6.07, 6.45) is -0.0307. The second-order valence-corrected chi connectivity index (χ2v) is 6.13. The summed E-state index contributed by atoms with van der Waals surface area (Å²) in [4.78, 5) is 37.3. The summed E-state index contributed by atoms with van der Waals surface area (Å²) in [6, 6.07) is 7.22. The Morgan fingerprint density at radius 3 is 2.33 bits per heavy atom. The van der Waals surface area contributed by atoms with Gasteiger partial charge in [0.15, 0.2) is 5.60 Å². The molecule has 0 radical (unpaired) electrons. The number of nitrogens with zero attached hydrogens (tertiary/aromatic N) is 3. The molecule has 1 aromatic heterocycles. The zero-order valence-corrected chi connectivity index (χ0v) is 13.3. The first kappa shape index (κ1) is 16.3. The molecular weight excluding hydrogens is 314 g/mol. The van der Waals surface area contributed by atoms with Gasteiger partial charge in [-0.3, -0.25) is 13.9 Å². The van der Waals surface area contributed by atoms with Crippen molar-refractivity contribution in [3.8, 4) is 0 Å². The molecule has 0 aliphatic carbocycles. The fourth-order valence-corrected chi connectivity index (χ4v) is 3.09. The fourth-order valence-electron chi connectivity index (χ4n) is 3.09. The number of para-hydroxylation sites is 2. The third kappa shape index (κ3) is 2.58. The number of carboxylic acid groups (broad SMARTS) is 1. The van der Waals surface area contributed by atoms with Gasteiger partial charge in [0.1, 0.15) is 6.54 Å². The molecule has 1 amide bonds. The SMILES string of the molecule is Cn1c(=O)n(CC(=O)N2CCC(O)(C(=O)O)CC2)c2ccccc21. The van der Waals surface area contributed by atoms with Crippen LogP contribution in [-0.2, 0) is 23.2 Å². The van der Waals surface area contributed by atoms with Crippen molar-refractivity contribution in [3.63, 3.8) is 0 Å². The van der Waals surface area contributed by atoms with Crippen molar-refractivity contribution in [1.29, 1.82) is 0 Å². The zero-order valence-electron chi connectivity index (χ0n) is 13.3. The number of fused-ring (bicyclic) bond motifs is 1. The molecule has 1 fully saturated rings. The van der Waals surface area contributed by atoms with E-state index in [1.165, 1.54) is 14.0 Å². The van der Waals surface area contributed by atoms with E-state index in [4.69, 9.17) is 5.11 Å². The van der Waals surface area contributed by atoms with Crippen LogP contribution >= 0.6 is 0 Å². The number of benzene rings is 1. The maximum Gasteiger partial charge on any atom is 0.335 e. The number of piperidine rings is 1. The molecule has 2 N–H and O–H groups in total. The van der Waals surface area contributed by atoms with Crippen molar-refractivity contribution in [2.24, 2.45) is 7.05 Å². The van der Waals surface area contributed by atoms with E-state index >= 15 is 0 Å². The summed E-state index contributed by atoms with van der Waals surface area (Å²) in [5.74, 6) is -1.53. The first-order valence-electron chi connectivity index (χ1n) is 7.71. The zero-order chi connectivity index (χ0) is 17.5. The first-order chi connectivity index (χ1) is 11.3. The molecule has 1 aromatic carbocycles. The number of imidazole rings is 1. The second kappa shape index (κ2) is 5.79. The maximum absolute atomic E-state index is 12.5. The van der Waals surface area contributed by atoms with Gasteiger partial charge in [-0.1, -0.05) is 12.1 Å². The van der Waals surface area contributed by atoms with Gasteiger partial charge in [-0.05, 0) is 12.1 Å². The van der Waals surface area contributed by atoms with Crippen LogP contribution in [0.2, 0.25) is 0 Å². The molecule has 1 aliphatic heterocycles. The molecule has 0 saturated carbocycles. The molecule has 0 atom stereocenters. The lowest BCUT2D eigenvalue weighted by atomic mass is 9.91. The van der Waals surface area contributed by atoms with Crippen LogP contribution in [0.15, 0.2) is 29.1 Å². The lowest BCUT2D eigenvalue weighted by Crippen LogP contribution is -2.51. The average Bonchev–Trinajstić information content (AvgIpc) is 2.81.